The van der Waals surface area contributed by atoms with Crippen LogP contribution in [0.2, 0.25) is 0 Å². The van der Waals surface area contributed by atoms with Crippen LogP contribution in [0.4, 0.5) is 0 Å². The smallest absolute Gasteiger partial charge is 0.303 e. The molecule has 14 N–H and O–H groups in total. The van der Waals surface area contributed by atoms with Crippen LogP contribution in [0.3, 0.4) is 0 Å². The number of carboxylic acid groups (broad SMARTS) is 4. The Morgan fingerprint density at radius 1 is 0.380 bits per heavy atom. The van der Waals surface area contributed by atoms with Crippen LogP contribution < -0.4 is 0 Å². The van der Waals surface area contributed by atoms with Crippen LogP contribution in [-0.4, -0.2) is 168 Å². The van der Waals surface area contributed by atoms with Gasteiger partial charge in [-0.25, -0.2) is 0 Å². The van der Waals surface area contributed by atoms with E-state index >= 15 is 0 Å². The number of allylic oxidation sites excluding steroid dienone is 12. The van der Waals surface area contributed by atoms with E-state index in [9.17, 15) is 79.8 Å². The predicted octanol–water partition coefficient (Wildman–Crippen LogP) is 12.7. The SMILES string of the molecule is C/C=C\C.C/C=C\C.C=CCCCC(=O)O.C=CCCCC(=O)O.C=CC[C@@H]1[C@@H](/C=C/[C@@H](O)CC)[C@H](O)C[C@@H]1O.C=CC[C@H]1C(=O)C[C@@H](O)[C@@H]1/C=C/[C@@H](O)CC.CC[C@H](O)/C=C/[C@@H]1[C@@H](C/C=C\CCCC(=O)O)[C@@H](O)C[C@H]1O.CC[C@H](O)/C=C/[C@H]1[C@H](O)CC(=O)[C@@H]1C/C=C\CCCC(=O)O. The molecule has 4 aliphatic carbocycles. The van der Waals surface area contributed by atoms with Crippen molar-refractivity contribution in [3.8, 4) is 0 Å². The van der Waals surface area contributed by atoms with Crippen LogP contribution >= 0.6 is 0 Å². The number of rotatable bonds is 36. The first-order chi connectivity index (χ1) is 47.5. The molecule has 0 aromatic carbocycles. The normalized spacial score (nSPS) is 25.8. The van der Waals surface area contributed by atoms with E-state index in [1.807, 2.05) is 116 Å². The summed E-state index contributed by atoms with van der Waals surface area (Å²) in [6.45, 7) is 29.7. The summed E-state index contributed by atoms with van der Waals surface area (Å²) < 4.78 is 0. The fourth-order valence-electron chi connectivity index (χ4n) is 10.7. The number of unbranched alkanes of at least 4 members (excludes halogenated alkanes) is 4. The highest BCUT2D eigenvalue weighted by Gasteiger charge is 2.42. The molecule has 4 fully saturated rings. The van der Waals surface area contributed by atoms with Crippen molar-refractivity contribution in [2.75, 3.05) is 0 Å². The third-order valence-corrected chi connectivity index (χ3v) is 17.0. The van der Waals surface area contributed by atoms with Crippen molar-refractivity contribution in [1.82, 2.24) is 0 Å². The van der Waals surface area contributed by atoms with Crippen molar-refractivity contribution in [2.45, 2.75) is 271 Å². The third kappa shape index (κ3) is 50.9. The summed E-state index contributed by atoms with van der Waals surface area (Å²) in [5, 5.41) is 131. The lowest BCUT2D eigenvalue weighted by Gasteiger charge is -2.19. The molecule has 20 nitrogen and oxygen atoms in total. The van der Waals surface area contributed by atoms with Crippen molar-refractivity contribution < 1.29 is 100 Å². The number of aliphatic carboxylic acids is 4. The molecule has 0 heterocycles. The highest BCUT2D eigenvalue weighted by Crippen LogP contribution is 2.38. The Morgan fingerprint density at radius 3 is 0.940 bits per heavy atom. The van der Waals surface area contributed by atoms with Crippen LogP contribution in [0.15, 0.2) is 148 Å². The number of carboxylic acids is 4. The molecule has 4 aliphatic rings. The Morgan fingerprint density at radius 2 is 0.660 bits per heavy atom. The topological polar surface area (TPSA) is 386 Å². The van der Waals surface area contributed by atoms with Crippen molar-refractivity contribution in [2.24, 2.45) is 47.3 Å². The van der Waals surface area contributed by atoms with Gasteiger partial charge in [0.1, 0.15) is 11.6 Å². The fraction of sp³-hybridized carbons (Fsp3) is 0.625. The molecule has 0 radical (unpaired) electrons. The first-order valence-electron chi connectivity index (χ1n) is 35.8. The number of Topliss-reactive ketones (excluding diaryl/α,β-unsaturated/α-hetero) is 2. The number of hydrogen-bond donors (Lipinski definition) is 14. The summed E-state index contributed by atoms with van der Waals surface area (Å²) in [6, 6.07) is 0. The molecule has 0 saturated heterocycles. The molecular weight excluding hydrogens is 1280 g/mol. The quantitative estimate of drug-likeness (QED) is 0.0205. The van der Waals surface area contributed by atoms with Gasteiger partial charge in [0.2, 0.25) is 0 Å². The lowest BCUT2D eigenvalue weighted by Crippen LogP contribution is -2.20. The molecule has 100 heavy (non-hydrogen) atoms. The molecule has 0 amide bonds. The Hall–Kier alpha value is -6.30. The Labute approximate surface area is 598 Å². The van der Waals surface area contributed by atoms with E-state index in [1.54, 1.807) is 60.8 Å². The number of carbonyl (C=O) groups is 6. The number of aliphatic hydroxyl groups excluding tert-OH is 10. The van der Waals surface area contributed by atoms with Crippen LogP contribution in [0.25, 0.3) is 0 Å². The maximum atomic E-state index is 12.0. The van der Waals surface area contributed by atoms with E-state index in [-0.39, 0.29) is 97.4 Å². The highest BCUT2D eigenvalue weighted by molar-refractivity contribution is 5.85. The van der Waals surface area contributed by atoms with Crippen LogP contribution in [-0.2, 0) is 28.8 Å². The van der Waals surface area contributed by atoms with Gasteiger partial charge in [-0.15, -0.1) is 26.3 Å². The summed E-state index contributed by atoms with van der Waals surface area (Å²) in [6.07, 6.45) is 43.6. The minimum atomic E-state index is -0.804. The average molecular weight is 1410 g/mol. The first kappa shape index (κ1) is 100. The van der Waals surface area contributed by atoms with E-state index in [0.717, 1.165) is 12.8 Å². The molecule has 0 spiro atoms. The Kier molecular flexibility index (Phi) is 64.8. The molecule has 18 atom stereocenters. The average Bonchev–Trinajstić information content (AvgIpc) is 1.73. The van der Waals surface area contributed by atoms with Gasteiger partial charge in [0, 0.05) is 86.9 Å². The number of carbonyl (C=O) groups excluding carboxylic acids is 2. The summed E-state index contributed by atoms with van der Waals surface area (Å²) in [5.41, 5.74) is 0. The maximum Gasteiger partial charge on any atom is 0.303 e. The molecule has 0 bridgehead atoms. The second kappa shape index (κ2) is 64.8. The van der Waals surface area contributed by atoms with Crippen molar-refractivity contribution in [3.05, 3.63) is 148 Å². The fourth-order valence-corrected chi connectivity index (χ4v) is 10.7. The molecule has 20 heteroatoms. The summed E-state index contributed by atoms with van der Waals surface area (Å²) in [5.74, 6) is -4.05. The standard InChI is InChI=1S/C17H28O5.C17H26O5.C13H22O3.C13H20O3.2C6H10O2.2C4H8/c2*1-2-12(18)9-10-14-13(15(19)11-16(14)20)7-5-3-4-6-8-17(21)22;2*1-3-5-10-11(7-6-9(14)4-2)13(16)8-12(10)15;2*1-2-3-4-5-6(7)8;2*1-3-4-2/h3,5,9-10,12-16,18-20H,2,4,6-8,11H2,1H3,(H,21,22);3,5,9-10,12-14,16,18,20H,2,4,6-8,11H2,1H3,(H,21,22);3,6-7,9-16H,1,4-5,8H2,2H3;3,6-7,9-11,13-14,16H,1,4-5,8H2,2H3;2*2H,1,3-5H2,(H,7,8);2*3-4H,1-2H3/b2*5-3-,10-9+;2*7-6+;;;2*4-3-/t12-,13+,14+,15-,16+;12-,13+,14+,16+;9-,10+,11+,12-,13+;9-,10+,11+,13+;;;;/m0000..../s1. The van der Waals surface area contributed by atoms with E-state index in [2.05, 4.69) is 26.3 Å². The number of ketones is 2. The second-order valence-electron chi connectivity index (χ2n) is 25.0. The lowest BCUT2D eigenvalue weighted by atomic mass is 9.89. The molecule has 0 aliphatic heterocycles. The lowest BCUT2D eigenvalue weighted by molar-refractivity contribution is -0.138. The zero-order chi connectivity index (χ0) is 77.0. The van der Waals surface area contributed by atoms with E-state index in [0.29, 0.717) is 103 Å². The van der Waals surface area contributed by atoms with E-state index < -0.39 is 84.9 Å². The number of hydrogen-bond acceptors (Lipinski definition) is 16. The summed E-state index contributed by atoms with van der Waals surface area (Å²) in [4.78, 5) is 64.0. The minimum absolute atomic E-state index is 0.0211. The van der Waals surface area contributed by atoms with Crippen molar-refractivity contribution in [3.63, 3.8) is 0 Å². The molecule has 0 aromatic heterocycles. The Balaban J connectivity index is -0.000000557. The first-order valence-corrected chi connectivity index (χ1v) is 35.8. The number of aliphatic hydroxyl groups is 10. The van der Waals surface area contributed by atoms with Gasteiger partial charge in [-0.3, -0.25) is 28.8 Å². The van der Waals surface area contributed by atoms with E-state index in [4.69, 9.17) is 20.4 Å². The molecule has 572 valence electrons. The summed E-state index contributed by atoms with van der Waals surface area (Å²) >= 11 is 0. The molecule has 0 unspecified atom stereocenters. The Bertz CT molecular complexity index is 2410. The van der Waals surface area contributed by atoms with Gasteiger partial charge >= 0.3 is 23.9 Å². The zero-order valence-electron chi connectivity index (χ0n) is 61.4. The predicted molar refractivity (Wildman–Crippen MR) is 399 cm³/mol. The van der Waals surface area contributed by atoms with Crippen LogP contribution in [0.1, 0.15) is 209 Å². The van der Waals surface area contributed by atoms with E-state index in [1.165, 1.54) is 0 Å². The van der Waals surface area contributed by atoms with Gasteiger partial charge in [0.05, 0.1) is 61.0 Å². The molecule has 4 rings (SSSR count). The van der Waals surface area contributed by atoms with Gasteiger partial charge in [-0.05, 0) is 142 Å². The molecule has 0 aromatic rings. The molecular formula is C80H132O20. The largest absolute Gasteiger partial charge is 0.481 e. The minimum Gasteiger partial charge on any atom is -0.481 e. The maximum absolute atomic E-state index is 12.0. The second-order valence-corrected chi connectivity index (χ2v) is 25.0. The van der Waals surface area contributed by atoms with Crippen molar-refractivity contribution >= 4 is 35.4 Å². The van der Waals surface area contributed by atoms with Crippen molar-refractivity contribution in [1.29, 1.82) is 0 Å². The van der Waals surface area contributed by atoms with Gasteiger partial charge in [0.25, 0.3) is 0 Å². The van der Waals surface area contributed by atoms with Gasteiger partial charge < -0.3 is 71.5 Å². The van der Waals surface area contributed by atoms with Gasteiger partial charge in [0.15, 0.2) is 0 Å². The van der Waals surface area contributed by atoms with Crippen LogP contribution in [0.5, 0.6) is 0 Å². The third-order valence-electron chi connectivity index (χ3n) is 17.0. The summed E-state index contributed by atoms with van der Waals surface area (Å²) in [7, 11) is 0. The monoisotopic (exact) mass is 1410 g/mol. The van der Waals surface area contributed by atoms with Gasteiger partial charge in [-0.1, -0.05) is 149 Å². The van der Waals surface area contributed by atoms with Crippen LogP contribution in [0, 0.1) is 47.3 Å². The molecule has 4 saturated carbocycles. The van der Waals surface area contributed by atoms with Gasteiger partial charge in [-0.2, -0.15) is 0 Å². The zero-order valence-corrected chi connectivity index (χ0v) is 61.4. The highest BCUT2D eigenvalue weighted by atomic mass is 16.4.